The van der Waals surface area contributed by atoms with Crippen molar-refractivity contribution in [2.75, 3.05) is 113 Å². The lowest BCUT2D eigenvalue weighted by molar-refractivity contribution is -0.0361. The first-order valence-corrected chi connectivity index (χ1v) is 27.9. The Bertz CT molecular complexity index is 867. The van der Waals surface area contributed by atoms with Gasteiger partial charge in [0.2, 0.25) is 0 Å². The van der Waals surface area contributed by atoms with Crippen molar-refractivity contribution >= 4 is 16.6 Å². The lowest BCUT2D eigenvalue weighted by Crippen LogP contribution is -2.44. The van der Waals surface area contributed by atoms with Crippen LogP contribution in [0.25, 0.3) is 0 Å². The Morgan fingerprint density at radius 1 is 0.509 bits per heavy atom. The third kappa shape index (κ3) is 45.2. The molecule has 0 heterocycles. The van der Waals surface area contributed by atoms with Gasteiger partial charge in [0, 0.05) is 51.6 Å². The summed E-state index contributed by atoms with van der Waals surface area (Å²) in [5, 5.41) is 26.2. The number of nitrogens with two attached hydrogens (primary N) is 1. The van der Waals surface area contributed by atoms with Gasteiger partial charge in [0.1, 0.15) is 0 Å². The van der Waals surface area contributed by atoms with E-state index < -0.39 is 28.8 Å². The molecule has 0 aromatic heterocycles. The molecule has 14 nitrogen and oxygen atoms in total. The Morgan fingerprint density at radius 2 is 0.930 bits per heavy atom. The predicted molar refractivity (Wildman–Crippen MR) is 237 cm³/mol. The average Bonchev–Trinajstić information content (AvgIpc) is 3.09. The highest BCUT2D eigenvalue weighted by atomic mass is 28.4. The minimum absolute atomic E-state index is 0.00332. The van der Waals surface area contributed by atoms with Crippen LogP contribution < -0.4 is 16.4 Å². The summed E-state index contributed by atoms with van der Waals surface area (Å²) in [6, 6.07) is 2.22. The van der Waals surface area contributed by atoms with Crippen molar-refractivity contribution in [1.29, 1.82) is 0 Å². The maximum Gasteiger partial charge on any atom is 0.173 e. The summed E-state index contributed by atoms with van der Waals surface area (Å²) >= 11 is 0. The molecule has 0 amide bonds. The first kappa shape index (κ1) is 59.0. The molecule has 0 bridgehead atoms. The van der Waals surface area contributed by atoms with Crippen LogP contribution in [0.2, 0.25) is 38.3 Å². The van der Waals surface area contributed by atoms with Crippen molar-refractivity contribution in [3.8, 4) is 0 Å². The van der Waals surface area contributed by atoms with Crippen LogP contribution >= 0.6 is 0 Å². The fourth-order valence-electron chi connectivity index (χ4n) is 5.42. The summed E-state index contributed by atoms with van der Waals surface area (Å²) in [7, 11) is -1.75. The van der Waals surface area contributed by atoms with Crippen molar-refractivity contribution in [3.63, 3.8) is 0 Å². The normalized spacial score (nSPS) is 15.7. The Kier molecular flexibility index (Phi) is 38.9. The standard InChI is InChI=1S/C28H65N3O8Si2.C13H28O3/c1-24(29)19-37-21-26(3)38-14-13-36-20-25(2)31-18-28(33)23-35-12-10-16-41(7,8)39-40(5,6)15-9-11-34-22-27(32)17-30-4;1-11(2)8-14-6-7-16-13(5)10-15-9-12(3)4/h24-28,30-33H,9-23,29H2,1-8H3;11-13H,6-10H2,1-5H3. The highest BCUT2D eigenvalue weighted by Gasteiger charge is 2.32. The fourth-order valence-corrected chi connectivity index (χ4v) is 14.2. The van der Waals surface area contributed by atoms with E-state index in [0.29, 0.717) is 104 Å². The zero-order valence-corrected chi connectivity index (χ0v) is 40.9. The third-order valence-electron chi connectivity index (χ3n) is 8.07. The molecule has 6 N–H and O–H groups in total. The predicted octanol–water partition coefficient (Wildman–Crippen LogP) is 4.67. The molecule has 6 unspecified atom stereocenters. The number of hydrogen-bond donors (Lipinski definition) is 5. The van der Waals surface area contributed by atoms with E-state index >= 15 is 0 Å². The maximum atomic E-state index is 10.3. The molecule has 0 aliphatic carbocycles. The molecule has 0 saturated heterocycles. The van der Waals surface area contributed by atoms with Gasteiger partial charge in [-0.05, 0) is 97.7 Å². The second-order valence-electron chi connectivity index (χ2n) is 17.5. The second-order valence-corrected chi connectivity index (χ2v) is 26.4. The molecule has 0 aromatic carbocycles. The van der Waals surface area contributed by atoms with Gasteiger partial charge in [-0.1, -0.05) is 27.7 Å². The number of nitrogens with one attached hydrogen (secondary N) is 2. The minimum Gasteiger partial charge on any atom is -0.455 e. The Hall–Kier alpha value is -0.126. The first-order valence-electron chi connectivity index (χ1n) is 21.7. The SMILES string of the molecule is CC(C)COCCOC(C)COCC(C)C.CNCC(O)COCCC[Si](C)(C)O[Si](C)(C)CCCOCC(O)CNC(C)COCCOC(C)COCC(C)N. The van der Waals surface area contributed by atoms with Crippen LogP contribution in [0.4, 0.5) is 0 Å². The molecule has 0 spiro atoms. The van der Waals surface area contributed by atoms with E-state index in [1.54, 1.807) is 0 Å². The highest BCUT2D eigenvalue weighted by Crippen LogP contribution is 2.24. The van der Waals surface area contributed by atoms with E-state index in [1.807, 2.05) is 34.7 Å². The van der Waals surface area contributed by atoms with Crippen molar-refractivity contribution in [2.24, 2.45) is 17.6 Å². The second kappa shape index (κ2) is 37.6. The molecule has 0 fully saturated rings. The molecule has 0 saturated carbocycles. The molecule has 6 atom stereocenters. The lowest BCUT2D eigenvalue weighted by Gasteiger charge is -2.34. The number of aliphatic hydroxyl groups is 2. The monoisotopic (exact) mass is 860 g/mol. The maximum absolute atomic E-state index is 10.3. The molecule has 16 heteroatoms. The smallest absolute Gasteiger partial charge is 0.173 e. The number of aliphatic hydroxyl groups excluding tert-OH is 2. The van der Waals surface area contributed by atoms with Crippen LogP contribution in [0, 0.1) is 11.8 Å². The zero-order valence-electron chi connectivity index (χ0n) is 38.9. The van der Waals surface area contributed by atoms with Gasteiger partial charge in [-0.25, -0.2) is 0 Å². The van der Waals surface area contributed by atoms with Gasteiger partial charge in [0.05, 0.1) is 90.5 Å². The zero-order chi connectivity index (χ0) is 43.5. The van der Waals surface area contributed by atoms with E-state index in [9.17, 15) is 10.2 Å². The van der Waals surface area contributed by atoms with Crippen molar-refractivity contribution < 1.29 is 52.2 Å². The summed E-state index contributed by atoms with van der Waals surface area (Å²) in [5.74, 6) is 1.17. The Morgan fingerprint density at radius 3 is 1.39 bits per heavy atom. The molecule has 0 aliphatic heterocycles. The van der Waals surface area contributed by atoms with Gasteiger partial charge >= 0.3 is 0 Å². The van der Waals surface area contributed by atoms with Crippen LogP contribution in [0.5, 0.6) is 0 Å². The summed E-state index contributed by atoms with van der Waals surface area (Å²) in [4.78, 5) is 0. The van der Waals surface area contributed by atoms with Crippen LogP contribution in [-0.4, -0.2) is 176 Å². The van der Waals surface area contributed by atoms with Gasteiger partial charge in [0.25, 0.3) is 0 Å². The van der Waals surface area contributed by atoms with E-state index in [4.69, 9.17) is 47.7 Å². The van der Waals surface area contributed by atoms with Crippen molar-refractivity contribution in [1.82, 2.24) is 10.6 Å². The molecule has 346 valence electrons. The molecule has 0 radical (unpaired) electrons. The third-order valence-corrected chi connectivity index (χ3v) is 15.6. The summed E-state index contributed by atoms with van der Waals surface area (Å²) in [5.41, 5.74) is 5.66. The summed E-state index contributed by atoms with van der Waals surface area (Å²) in [6.45, 7) is 34.8. The number of ether oxygens (including phenoxy) is 8. The lowest BCUT2D eigenvalue weighted by atomic mass is 10.2. The van der Waals surface area contributed by atoms with Crippen molar-refractivity contribution in [3.05, 3.63) is 0 Å². The summed E-state index contributed by atoms with van der Waals surface area (Å²) in [6.07, 6.45) is 1.02. The van der Waals surface area contributed by atoms with Crippen LogP contribution in [0.15, 0.2) is 0 Å². The average molecular weight is 860 g/mol. The van der Waals surface area contributed by atoms with E-state index in [2.05, 4.69) is 64.5 Å². The van der Waals surface area contributed by atoms with Crippen LogP contribution in [0.1, 0.15) is 68.2 Å². The number of likely N-dealkylation sites (N-methyl/N-ethyl adjacent to an activating group) is 1. The largest absolute Gasteiger partial charge is 0.455 e. The van der Waals surface area contributed by atoms with E-state index in [1.165, 1.54) is 0 Å². The Balaban J connectivity index is 0. The molecule has 57 heavy (non-hydrogen) atoms. The Labute approximate surface area is 351 Å². The fraction of sp³-hybridized carbons (Fsp3) is 1.00. The quantitative estimate of drug-likeness (QED) is 0.0427. The van der Waals surface area contributed by atoms with Gasteiger partial charge in [-0.15, -0.1) is 0 Å². The van der Waals surface area contributed by atoms with Gasteiger partial charge < -0.3 is 68.6 Å². The van der Waals surface area contributed by atoms with Gasteiger partial charge in [0.15, 0.2) is 16.6 Å². The summed E-state index contributed by atoms with van der Waals surface area (Å²) < 4.78 is 51.3. The van der Waals surface area contributed by atoms with Crippen LogP contribution in [-0.2, 0) is 42.0 Å². The molecule has 0 aliphatic rings. The topological polar surface area (TPSA) is 174 Å². The molecular formula is C41H93N3O11Si2. The number of rotatable bonds is 39. The highest BCUT2D eigenvalue weighted by molar-refractivity contribution is 6.84. The molecule has 0 aromatic rings. The van der Waals surface area contributed by atoms with E-state index in [-0.39, 0.29) is 24.3 Å². The first-order chi connectivity index (χ1) is 26.8. The minimum atomic E-state index is -1.79. The molecular weight excluding hydrogens is 767 g/mol. The number of hydrogen-bond acceptors (Lipinski definition) is 14. The van der Waals surface area contributed by atoms with E-state index in [0.717, 1.165) is 38.1 Å². The molecule has 0 rings (SSSR count). The van der Waals surface area contributed by atoms with Gasteiger partial charge in [-0.2, -0.15) is 0 Å². The van der Waals surface area contributed by atoms with Crippen molar-refractivity contribution in [2.45, 2.75) is 143 Å². The van der Waals surface area contributed by atoms with Gasteiger partial charge in [-0.3, -0.25) is 0 Å². The van der Waals surface area contributed by atoms with Crippen LogP contribution in [0.3, 0.4) is 0 Å².